The molecule has 1 aromatic heterocycles. The average molecular weight is 323 g/mol. The molecular formula is C14H15BrN2O2. The van der Waals surface area contributed by atoms with E-state index in [-0.39, 0.29) is 0 Å². The van der Waals surface area contributed by atoms with E-state index in [1.807, 2.05) is 23.0 Å². The van der Waals surface area contributed by atoms with Gasteiger partial charge in [0, 0.05) is 16.7 Å². The first-order valence-electron chi connectivity index (χ1n) is 6.01. The maximum atomic E-state index is 11.0. The number of rotatable bonds is 5. The molecule has 0 saturated carbocycles. The molecule has 0 unspecified atom stereocenters. The fraction of sp³-hybridized carbons (Fsp3) is 0.286. The molecule has 100 valence electrons. The maximum absolute atomic E-state index is 11.0. The molecule has 0 radical (unpaired) electrons. The Kier molecular flexibility index (Phi) is 4.37. The fourth-order valence-electron chi connectivity index (χ4n) is 1.64. The predicted octanol–water partition coefficient (Wildman–Crippen LogP) is 3.62. The smallest absolute Gasteiger partial charge is 0.153 e. The van der Waals surface area contributed by atoms with Crippen molar-refractivity contribution in [2.75, 3.05) is 0 Å². The average Bonchev–Trinajstić information content (AvgIpc) is 2.86. The molecule has 0 aliphatic rings. The molecule has 5 heteroatoms. The summed E-state index contributed by atoms with van der Waals surface area (Å²) in [7, 11) is 0. The summed E-state index contributed by atoms with van der Waals surface area (Å²) in [6, 6.07) is 7.59. The Labute approximate surface area is 120 Å². The molecule has 0 spiro atoms. The van der Waals surface area contributed by atoms with Crippen molar-refractivity contribution in [3.05, 3.63) is 46.2 Å². The number of hydrogen-bond acceptors (Lipinski definition) is 3. The molecule has 4 nitrogen and oxygen atoms in total. The molecule has 1 heterocycles. The summed E-state index contributed by atoms with van der Waals surface area (Å²) in [5.74, 6) is 0.567. The van der Waals surface area contributed by atoms with Gasteiger partial charge in [-0.25, -0.2) is 0 Å². The normalized spacial score (nSPS) is 10.7. The van der Waals surface area contributed by atoms with Crippen molar-refractivity contribution in [3.63, 3.8) is 0 Å². The van der Waals surface area contributed by atoms with Crippen LogP contribution in [0.2, 0.25) is 0 Å². The molecule has 0 saturated heterocycles. The number of halogens is 1. The quantitative estimate of drug-likeness (QED) is 0.790. The third-order valence-corrected chi connectivity index (χ3v) is 3.16. The Bertz CT molecular complexity index is 579. The number of benzene rings is 1. The Morgan fingerprint density at radius 2 is 2.21 bits per heavy atom. The van der Waals surface area contributed by atoms with Crippen molar-refractivity contribution in [2.24, 2.45) is 0 Å². The first kappa shape index (κ1) is 13.8. The van der Waals surface area contributed by atoms with Gasteiger partial charge in [-0.05, 0) is 38.1 Å². The standard InChI is InChI=1S/C14H15BrN2O2/c1-10(2)17-6-5-13(16-17)9-19-14-4-3-12(15)7-11(14)8-18/h3-8,10H,9H2,1-2H3. The highest BCUT2D eigenvalue weighted by Gasteiger charge is 2.06. The van der Waals surface area contributed by atoms with Crippen LogP contribution in [0.25, 0.3) is 0 Å². The number of ether oxygens (including phenoxy) is 1. The molecule has 0 aliphatic carbocycles. The van der Waals surface area contributed by atoms with Gasteiger partial charge in [-0.15, -0.1) is 0 Å². The van der Waals surface area contributed by atoms with Crippen molar-refractivity contribution in [1.82, 2.24) is 9.78 Å². The van der Waals surface area contributed by atoms with E-state index in [1.165, 1.54) is 0 Å². The number of carbonyl (C=O) groups excluding carboxylic acids is 1. The van der Waals surface area contributed by atoms with Crippen molar-refractivity contribution >= 4 is 22.2 Å². The lowest BCUT2D eigenvalue weighted by Crippen LogP contribution is -2.04. The zero-order chi connectivity index (χ0) is 13.8. The zero-order valence-corrected chi connectivity index (χ0v) is 12.4. The minimum Gasteiger partial charge on any atom is -0.486 e. The summed E-state index contributed by atoms with van der Waals surface area (Å²) in [6.45, 7) is 4.48. The number of aldehydes is 1. The van der Waals surface area contributed by atoms with Crippen LogP contribution in [0.4, 0.5) is 0 Å². The third-order valence-electron chi connectivity index (χ3n) is 2.67. The van der Waals surface area contributed by atoms with Crippen LogP contribution in [0.3, 0.4) is 0 Å². The van der Waals surface area contributed by atoms with Crippen molar-refractivity contribution in [3.8, 4) is 5.75 Å². The summed E-state index contributed by atoms with van der Waals surface area (Å²) in [5, 5.41) is 4.39. The molecule has 1 aromatic carbocycles. The van der Waals surface area contributed by atoms with Gasteiger partial charge in [0.15, 0.2) is 6.29 Å². The Hall–Kier alpha value is -1.62. The molecule has 2 aromatic rings. The van der Waals surface area contributed by atoms with E-state index in [0.717, 1.165) is 16.5 Å². The van der Waals surface area contributed by atoms with Crippen LogP contribution in [0.15, 0.2) is 34.9 Å². The molecule has 0 fully saturated rings. The molecule has 0 N–H and O–H groups in total. The highest BCUT2D eigenvalue weighted by molar-refractivity contribution is 9.10. The van der Waals surface area contributed by atoms with Crippen molar-refractivity contribution in [2.45, 2.75) is 26.5 Å². The summed E-state index contributed by atoms with van der Waals surface area (Å²) in [4.78, 5) is 11.0. The topological polar surface area (TPSA) is 44.1 Å². The molecular weight excluding hydrogens is 308 g/mol. The van der Waals surface area contributed by atoms with Crippen LogP contribution < -0.4 is 4.74 Å². The van der Waals surface area contributed by atoms with Crippen LogP contribution >= 0.6 is 15.9 Å². The van der Waals surface area contributed by atoms with Gasteiger partial charge in [0.25, 0.3) is 0 Å². The Morgan fingerprint density at radius 3 is 2.84 bits per heavy atom. The Balaban J connectivity index is 2.07. The zero-order valence-electron chi connectivity index (χ0n) is 10.8. The van der Waals surface area contributed by atoms with Crippen LogP contribution in [0, 0.1) is 0 Å². The monoisotopic (exact) mass is 322 g/mol. The van der Waals surface area contributed by atoms with Gasteiger partial charge in [0.05, 0.1) is 11.3 Å². The van der Waals surface area contributed by atoms with E-state index in [1.54, 1.807) is 12.1 Å². The SMILES string of the molecule is CC(C)n1ccc(COc2ccc(Br)cc2C=O)n1. The highest BCUT2D eigenvalue weighted by atomic mass is 79.9. The predicted molar refractivity (Wildman–Crippen MR) is 76.5 cm³/mol. The number of nitrogens with zero attached hydrogens (tertiary/aromatic N) is 2. The second kappa shape index (κ2) is 6.02. The number of aromatic nitrogens is 2. The summed E-state index contributed by atoms with van der Waals surface area (Å²) >= 11 is 3.32. The first-order valence-corrected chi connectivity index (χ1v) is 6.81. The number of carbonyl (C=O) groups is 1. The van der Waals surface area contributed by atoms with Crippen LogP contribution in [0.1, 0.15) is 35.9 Å². The third kappa shape index (κ3) is 3.44. The van der Waals surface area contributed by atoms with Gasteiger partial charge in [0.1, 0.15) is 12.4 Å². The van der Waals surface area contributed by atoms with Crippen molar-refractivity contribution in [1.29, 1.82) is 0 Å². The fourth-order valence-corrected chi connectivity index (χ4v) is 2.02. The van der Waals surface area contributed by atoms with Crippen molar-refractivity contribution < 1.29 is 9.53 Å². The van der Waals surface area contributed by atoms with E-state index in [4.69, 9.17) is 4.74 Å². The van der Waals surface area contributed by atoms with Gasteiger partial charge >= 0.3 is 0 Å². The highest BCUT2D eigenvalue weighted by Crippen LogP contribution is 2.22. The van der Waals surface area contributed by atoms with Gasteiger partial charge < -0.3 is 4.74 Å². The van der Waals surface area contributed by atoms with E-state index in [0.29, 0.717) is 24.0 Å². The lowest BCUT2D eigenvalue weighted by atomic mass is 10.2. The second-order valence-electron chi connectivity index (χ2n) is 4.47. The minimum absolute atomic E-state index is 0.326. The molecule has 0 aliphatic heterocycles. The minimum atomic E-state index is 0.326. The molecule has 0 amide bonds. The van der Waals surface area contributed by atoms with E-state index in [2.05, 4.69) is 34.9 Å². The molecule has 0 atom stereocenters. The second-order valence-corrected chi connectivity index (χ2v) is 5.39. The van der Waals surface area contributed by atoms with Gasteiger partial charge in [-0.2, -0.15) is 5.10 Å². The molecule has 2 rings (SSSR count). The largest absolute Gasteiger partial charge is 0.486 e. The van der Waals surface area contributed by atoms with Crippen LogP contribution in [-0.2, 0) is 6.61 Å². The summed E-state index contributed by atoms with van der Waals surface area (Å²) in [6.07, 6.45) is 2.71. The van der Waals surface area contributed by atoms with Gasteiger partial charge in [-0.3, -0.25) is 9.48 Å². The van der Waals surface area contributed by atoms with E-state index >= 15 is 0 Å². The maximum Gasteiger partial charge on any atom is 0.153 e. The van der Waals surface area contributed by atoms with E-state index < -0.39 is 0 Å². The van der Waals surface area contributed by atoms with Gasteiger partial charge in [-0.1, -0.05) is 15.9 Å². The van der Waals surface area contributed by atoms with Crippen LogP contribution in [-0.4, -0.2) is 16.1 Å². The van der Waals surface area contributed by atoms with Gasteiger partial charge in [0.2, 0.25) is 0 Å². The summed E-state index contributed by atoms with van der Waals surface area (Å²) in [5.41, 5.74) is 1.37. The lowest BCUT2D eigenvalue weighted by Gasteiger charge is -2.07. The first-order chi connectivity index (χ1) is 9.10. The van der Waals surface area contributed by atoms with E-state index in [9.17, 15) is 4.79 Å². The number of hydrogen-bond donors (Lipinski definition) is 0. The Morgan fingerprint density at radius 1 is 1.42 bits per heavy atom. The molecule has 19 heavy (non-hydrogen) atoms. The molecule has 0 bridgehead atoms. The van der Waals surface area contributed by atoms with Crippen LogP contribution in [0.5, 0.6) is 5.75 Å². The summed E-state index contributed by atoms with van der Waals surface area (Å²) < 4.78 is 8.36. The lowest BCUT2D eigenvalue weighted by molar-refractivity contribution is 0.111.